The average Bonchev–Trinajstić information content (AvgIpc) is 2.03. The normalized spacial score (nSPS) is 9.18. The largest absolute Gasteiger partial charge is 0.305 e. The van der Waals surface area contributed by atoms with Gasteiger partial charge < -0.3 is 5.41 Å². The van der Waals surface area contributed by atoms with Crippen LogP contribution in [0.5, 0.6) is 0 Å². The van der Waals surface area contributed by atoms with E-state index in [1.54, 1.807) is 0 Å². The van der Waals surface area contributed by atoms with Crippen LogP contribution in [0, 0.1) is 11.2 Å². The molecule has 1 N–H and O–H groups in total. The number of benzene rings is 1. The summed E-state index contributed by atoms with van der Waals surface area (Å²) in [5.74, 6) is -0.942. The van der Waals surface area contributed by atoms with Gasteiger partial charge in [0.1, 0.15) is 5.82 Å². The van der Waals surface area contributed by atoms with Gasteiger partial charge in [0.25, 0.3) is 0 Å². The molecule has 0 saturated carbocycles. The summed E-state index contributed by atoms with van der Waals surface area (Å²) in [6, 6.07) is 5.26. The van der Waals surface area contributed by atoms with E-state index in [4.69, 9.17) is 5.41 Å². The lowest BCUT2D eigenvalue weighted by Crippen LogP contribution is -1.98. The highest BCUT2D eigenvalue weighted by Gasteiger charge is 2.01. The van der Waals surface area contributed by atoms with Gasteiger partial charge >= 0.3 is 0 Å². The quantitative estimate of drug-likeness (QED) is 0.506. The van der Waals surface area contributed by atoms with Crippen molar-refractivity contribution in [1.82, 2.24) is 0 Å². The Labute approximate surface area is 63.2 Å². The van der Waals surface area contributed by atoms with E-state index in [-0.39, 0.29) is 5.56 Å². The maximum Gasteiger partial charge on any atom is 0.203 e. The van der Waals surface area contributed by atoms with Crippen molar-refractivity contribution in [3.8, 4) is 0 Å². The number of hydrogen-bond acceptors (Lipinski definition) is 2. The molecule has 11 heavy (non-hydrogen) atoms. The van der Waals surface area contributed by atoms with E-state index in [0.717, 1.165) is 6.07 Å². The van der Waals surface area contributed by atoms with E-state index in [1.807, 2.05) is 0 Å². The summed E-state index contributed by atoms with van der Waals surface area (Å²) in [4.78, 5) is 10.8. The van der Waals surface area contributed by atoms with Gasteiger partial charge in [-0.1, -0.05) is 12.1 Å². The highest BCUT2D eigenvalue weighted by Crippen LogP contribution is 2.02. The molecule has 0 saturated heterocycles. The SMILES string of the molecule is N=CC(=O)c1cccc(F)c1. The topological polar surface area (TPSA) is 40.9 Å². The van der Waals surface area contributed by atoms with E-state index in [1.165, 1.54) is 18.2 Å². The number of rotatable bonds is 2. The minimum absolute atomic E-state index is 0.208. The van der Waals surface area contributed by atoms with Crippen LogP contribution in [0.1, 0.15) is 10.4 Å². The first-order valence-corrected chi connectivity index (χ1v) is 3.04. The van der Waals surface area contributed by atoms with Gasteiger partial charge in [-0.25, -0.2) is 4.39 Å². The fourth-order valence-corrected chi connectivity index (χ4v) is 0.725. The van der Waals surface area contributed by atoms with Crippen LogP contribution in [-0.4, -0.2) is 12.0 Å². The summed E-state index contributed by atoms with van der Waals surface area (Å²) >= 11 is 0. The Balaban J connectivity index is 3.05. The zero-order valence-electron chi connectivity index (χ0n) is 5.67. The van der Waals surface area contributed by atoms with Crippen LogP contribution < -0.4 is 0 Å². The molecule has 0 atom stereocenters. The van der Waals surface area contributed by atoms with Crippen molar-refractivity contribution in [3.05, 3.63) is 35.6 Å². The van der Waals surface area contributed by atoms with Crippen molar-refractivity contribution >= 4 is 12.0 Å². The van der Waals surface area contributed by atoms with Crippen LogP contribution in [0.2, 0.25) is 0 Å². The van der Waals surface area contributed by atoms with E-state index in [2.05, 4.69) is 0 Å². The zero-order chi connectivity index (χ0) is 8.27. The van der Waals surface area contributed by atoms with E-state index < -0.39 is 11.6 Å². The monoisotopic (exact) mass is 151 g/mol. The number of carbonyl (C=O) groups is 1. The molecule has 0 spiro atoms. The molecule has 1 aromatic carbocycles. The number of nitrogens with one attached hydrogen (secondary N) is 1. The molecule has 1 rings (SSSR count). The van der Waals surface area contributed by atoms with Crippen molar-refractivity contribution in [2.24, 2.45) is 0 Å². The maximum absolute atomic E-state index is 12.4. The van der Waals surface area contributed by atoms with Crippen LogP contribution in [-0.2, 0) is 0 Å². The molecule has 0 unspecified atom stereocenters. The molecule has 0 fully saturated rings. The van der Waals surface area contributed by atoms with Crippen LogP contribution >= 0.6 is 0 Å². The highest BCUT2D eigenvalue weighted by atomic mass is 19.1. The Morgan fingerprint density at radius 1 is 1.55 bits per heavy atom. The van der Waals surface area contributed by atoms with Crippen LogP contribution in [0.4, 0.5) is 4.39 Å². The minimum Gasteiger partial charge on any atom is -0.305 e. The minimum atomic E-state index is -0.482. The van der Waals surface area contributed by atoms with Gasteiger partial charge in [-0.05, 0) is 12.1 Å². The highest BCUT2D eigenvalue weighted by molar-refractivity contribution is 6.34. The first kappa shape index (κ1) is 7.60. The molecule has 0 bridgehead atoms. The Bertz CT molecular complexity index is 296. The molecule has 0 amide bonds. The maximum atomic E-state index is 12.4. The van der Waals surface area contributed by atoms with Gasteiger partial charge in [0.2, 0.25) is 5.78 Å². The smallest absolute Gasteiger partial charge is 0.203 e. The molecule has 0 aromatic heterocycles. The number of Topliss-reactive ketones (excluding diaryl/α,β-unsaturated/α-hetero) is 1. The van der Waals surface area contributed by atoms with Crippen molar-refractivity contribution in [2.75, 3.05) is 0 Å². The van der Waals surface area contributed by atoms with E-state index in [0.29, 0.717) is 6.21 Å². The van der Waals surface area contributed by atoms with E-state index in [9.17, 15) is 9.18 Å². The summed E-state index contributed by atoms with van der Waals surface area (Å²) in [7, 11) is 0. The molecule has 0 aliphatic carbocycles. The lowest BCUT2D eigenvalue weighted by atomic mass is 10.1. The molecule has 0 heterocycles. The van der Waals surface area contributed by atoms with Gasteiger partial charge in [-0.15, -0.1) is 0 Å². The molecule has 0 radical (unpaired) electrons. The van der Waals surface area contributed by atoms with Gasteiger partial charge in [0.05, 0.1) is 6.21 Å². The summed E-state index contributed by atoms with van der Waals surface area (Å²) < 4.78 is 12.4. The lowest BCUT2D eigenvalue weighted by Gasteiger charge is -1.92. The first-order valence-electron chi connectivity index (χ1n) is 3.04. The first-order chi connectivity index (χ1) is 5.24. The standard InChI is InChI=1S/C8H6FNO/c9-7-3-1-2-6(4-7)8(11)5-10/h1-5,10H. The average molecular weight is 151 g/mol. The third-order valence-corrected chi connectivity index (χ3v) is 1.24. The Hall–Kier alpha value is -1.51. The second-order valence-electron chi connectivity index (χ2n) is 2.02. The predicted molar refractivity (Wildman–Crippen MR) is 39.5 cm³/mol. The Morgan fingerprint density at radius 3 is 2.82 bits per heavy atom. The van der Waals surface area contributed by atoms with Crippen molar-refractivity contribution < 1.29 is 9.18 Å². The lowest BCUT2D eigenvalue weighted by molar-refractivity contribution is 0.107. The number of carbonyl (C=O) groups excluding carboxylic acids is 1. The van der Waals surface area contributed by atoms with Crippen molar-refractivity contribution in [1.29, 1.82) is 5.41 Å². The number of hydrogen-bond donors (Lipinski definition) is 1. The molecule has 1 aromatic rings. The fourth-order valence-electron chi connectivity index (χ4n) is 0.725. The molecule has 0 aliphatic rings. The number of ketones is 1. The molecule has 0 aliphatic heterocycles. The van der Waals surface area contributed by atoms with Gasteiger partial charge in [0, 0.05) is 5.56 Å². The fraction of sp³-hybridized carbons (Fsp3) is 0. The van der Waals surface area contributed by atoms with Crippen molar-refractivity contribution in [3.63, 3.8) is 0 Å². The second kappa shape index (κ2) is 3.05. The zero-order valence-corrected chi connectivity index (χ0v) is 5.67. The third-order valence-electron chi connectivity index (χ3n) is 1.24. The van der Waals surface area contributed by atoms with Crippen LogP contribution in [0.25, 0.3) is 0 Å². The summed E-state index contributed by atoms with van der Waals surface area (Å²) in [5.41, 5.74) is 0.208. The Morgan fingerprint density at radius 2 is 2.27 bits per heavy atom. The summed E-state index contributed by atoms with van der Waals surface area (Å²) in [6.45, 7) is 0. The molecule has 56 valence electrons. The third kappa shape index (κ3) is 1.70. The predicted octanol–water partition coefficient (Wildman–Crippen LogP) is 1.66. The van der Waals surface area contributed by atoms with Crippen molar-refractivity contribution in [2.45, 2.75) is 0 Å². The molecule has 2 nitrogen and oxygen atoms in total. The summed E-state index contributed by atoms with van der Waals surface area (Å²) in [6.07, 6.45) is 0.661. The molecular formula is C8H6FNO. The van der Waals surface area contributed by atoms with Gasteiger partial charge in [0.15, 0.2) is 0 Å². The van der Waals surface area contributed by atoms with Crippen LogP contribution in [0.15, 0.2) is 24.3 Å². The Kier molecular flexibility index (Phi) is 2.11. The second-order valence-corrected chi connectivity index (χ2v) is 2.02. The van der Waals surface area contributed by atoms with Gasteiger partial charge in [-0.2, -0.15) is 0 Å². The number of halogens is 1. The van der Waals surface area contributed by atoms with E-state index >= 15 is 0 Å². The van der Waals surface area contributed by atoms with Crippen LogP contribution in [0.3, 0.4) is 0 Å². The molecule has 3 heteroatoms. The van der Waals surface area contributed by atoms with Gasteiger partial charge in [-0.3, -0.25) is 4.79 Å². The molecular weight excluding hydrogens is 145 g/mol. The summed E-state index contributed by atoms with van der Waals surface area (Å²) in [5, 5.41) is 6.62.